The number of unbranched alkanes of at least 4 members (excludes halogenated alkanes) is 1. The van der Waals surface area contributed by atoms with Crippen LogP contribution in [-0.2, 0) is 24.4 Å². The molecule has 5 amide bonds. The highest BCUT2D eigenvalue weighted by molar-refractivity contribution is 7.89. The van der Waals surface area contributed by atoms with E-state index in [2.05, 4.69) is 5.32 Å². The zero-order valence-corrected chi connectivity index (χ0v) is 18.2. The molecule has 0 bridgehead atoms. The summed E-state index contributed by atoms with van der Waals surface area (Å²) >= 11 is 0. The summed E-state index contributed by atoms with van der Waals surface area (Å²) in [5.74, 6) is -2.63. The molecule has 0 atom stereocenters. The van der Waals surface area contributed by atoms with Gasteiger partial charge in [0.1, 0.15) is 6.54 Å². The maximum Gasteiger partial charge on any atom is 0.334 e. The highest BCUT2D eigenvalue weighted by Gasteiger charge is 2.44. The Hall–Kier alpha value is -2.79. The summed E-state index contributed by atoms with van der Waals surface area (Å²) < 4.78 is 26.8. The number of piperidine rings is 1. The van der Waals surface area contributed by atoms with Gasteiger partial charge in [-0.25, -0.2) is 18.1 Å². The predicted octanol–water partition coefficient (Wildman–Crippen LogP) is 1.39. The average molecular weight is 451 g/mol. The molecule has 168 valence electrons. The minimum absolute atomic E-state index is 0.130. The van der Waals surface area contributed by atoms with Crippen LogP contribution in [-0.4, -0.2) is 72.5 Å². The number of amides is 5. The SMILES string of the molecule is CCCCN1C(=O)C(=O)N(CC(=O)Nc2ccc(S(=O)(=O)N3CCCCC3)cc2)C1=O. The molecule has 11 heteroatoms. The van der Waals surface area contributed by atoms with Gasteiger partial charge in [0.05, 0.1) is 4.90 Å². The fourth-order valence-corrected chi connectivity index (χ4v) is 5.03. The maximum atomic E-state index is 12.7. The Labute approximate surface area is 181 Å². The van der Waals surface area contributed by atoms with Crippen LogP contribution < -0.4 is 5.32 Å². The van der Waals surface area contributed by atoms with Crippen molar-refractivity contribution in [2.24, 2.45) is 0 Å². The normalized spacial score (nSPS) is 18.0. The lowest BCUT2D eigenvalue weighted by Crippen LogP contribution is -2.39. The fourth-order valence-electron chi connectivity index (χ4n) is 3.51. The van der Waals surface area contributed by atoms with Crippen molar-refractivity contribution in [1.82, 2.24) is 14.1 Å². The quantitative estimate of drug-likeness (QED) is 0.471. The first-order chi connectivity index (χ1) is 14.8. The smallest absolute Gasteiger partial charge is 0.325 e. The molecule has 0 aliphatic carbocycles. The van der Waals surface area contributed by atoms with Crippen molar-refractivity contribution in [2.45, 2.75) is 43.9 Å². The summed E-state index contributed by atoms with van der Waals surface area (Å²) in [7, 11) is -3.58. The molecule has 2 saturated heterocycles. The molecule has 2 fully saturated rings. The second-order valence-corrected chi connectivity index (χ2v) is 9.46. The summed E-state index contributed by atoms with van der Waals surface area (Å²) in [5, 5.41) is 2.52. The Morgan fingerprint density at radius 3 is 2.19 bits per heavy atom. The molecule has 2 heterocycles. The summed E-state index contributed by atoms with van der Waals surface area (Å²) in [6.45, 7) is 2.41. The molecule has 2 aliphatic heterocycles. The number of imide groups is 2. The van der Waals surface area contributed by atoms with Crippen molar-refractivity contribution in [3.05, 3.63) is 24.3 Å². The summed E-state index contributed by atoms with van der Waals surface area (Å²) in [6, 6.07) is 4.90. The van der Waals surface area contributed by atoms with E-state index in [0.29, 0.717) is 30.1 Å². The van der Waals surface area contributed by atoms with Crippen LogP contribution in [0.15, 0.2) is 29.2 Å². The van der Waals surface area contributed by atoms with E-state index in [1.165, 1.54) is 28.6 Å². The number of sulfonamides is 1. The predicted molar refractivity (Wildman–Crippen MR) is 111 cm³/mol. The molecule has 0 saturated carbocycles. The largest absolute Gasteiger partial charge is 0.334 e. The van der Waals surface area contributed by atoms with Gasteiger partial charge in [-0.3, -0.25) is 19.3 Å². The van der Waals surface area contributed by atoms with E-state index >= 15 is 0 Å². The Morgan fingerprint density at radius 2 is 1.58 bits per heavy atom. The Balaban J connectivity index is 1.61. The number of hydrogen-bond acceptors (Lipinski definition) is 6. The molecule has 0 spiro atoms. The number of carbonyl (C=O) groups excluding carboxylic acids is 4. The first-order valence-electron chi connectivity index (χ1n) is 10.3. The Bertz CT molecular complexity index is 970. The summed E-state index contributed by atoms with van der Waals surface area (Å²) in [6.07, 6.45) is 3.99. The van der Waals surface area contributed by atoms with Crippen molar-refractivity contribution in [3.8, 4) is 0 Å². The van der Waals surface area contributed by atoms with Crippen LogP contribution in [0.3, 0.4) is 0 Å². The van der Waals surface area contributed by atoms with Gasteiger partial charge in [0, 0.05) is 25.3 Å². The third kappa shape index (κ3) is 4.93. The van der Waals surface area contributed by atoms with E-state index < -0.39 is 40.3 Å². The number of nitrogens with one attached hydrogen (secondary N) is 1. The lowest BCUT2D eigenvalue weighted by Gasteiger charge is -2.25. The van der Waals surface area contributed by atoms with Gasteiger partial charge < -0.3 is 5.32 Å². The van der Waals surface area contributed by atoms with E-state index in [1.807, 2.05) is 6.92 Å². The van der Waals surface area contributed by atoms with Crippen molar-refractivity contribution in [2.75, 3.05) is 31.5 Å². The Kier molecular flexibility index (Phi) is 7.06. The monoisotopic (exact) mass is 450 g/mol. The molecule has 2 aliphatic rings. The highest BCUT2D eigenvalue weighted by Crippen LogP contribution is 2.22. The van der Waals surface area contributed by atoms with Gasteiger partial charge >= 0.3 is 17.8 Å². The van der Waals surface area contributed by atoms with Crippen LogP contribution in [0.1, 0.15) is 39.0 Å². The minimum atomic E-state index is -3.58. The first kappa shape index (κ1) is 22.9. The van der Waals surface area contributed by atoms with Gasteiger partial charge in [-0.2, -0.15) is 4.31 Å². The maximum absolute atomic E-state index is 12.7. The molecule has 3 rings (SSSR count). The van der Waals surface area contributed by atoms with Gasteiger partial charge in [-0.15, -0.1) is 0 Å². The van der Waals surface area contributed by atoms with Gasteiger partial charge in [-0.05, 0) is 43.5 Å². The molecule has 10 nitrogen and oxygen atoms in total. The van der Waals surface area contributed by atoms with Gasteiger partial charge in [0.15, 0.2) is 0 Å². The van der Waals surface area contributed by atoms with Crippen LogP contribution in [0.5, 0.6) is 0 Å². The molecule has 0 aromatic heterocycles. The first-order valence-corrected chi connectivity index (χ1v) is 11.8. The van der Waals surface area contributed by atoms with Crippen LogP contribution >= 0.6 is 0 Å². The zero-order chi connectivity index (χ0) is 22.6. The van der Waals surface area contributed by atoms with Gasteiger partial charge in [0.2, 0.25) is 15.9 Å². The van der Waals surface area contributed by atoms with E-state index in [0.717, 1.165) is 30.6 Å². The van der Waals surface area contributed by atoms with Crippen LogP contribution in [0.2, 0.25) is 0 Å². The second-order valence-electron chi connectivity index (χ2n) is 7.52. The molecule has 1 aromatic carbocycles. The van der Waals surface area contributed by atoms with E-state index in [1.54, 1.807) is 0 Å². The molecule has 31 heavy (non-hydrogen) atoms. The highest BCUT2D eigenvalue weighted by atomic mass is 32.2. The van der Waals surface area contributed by atoms with Gasteiger partial charge in [0.25, 0.3) is 0 Å². The van der Waals surface area contributed by atoms with E-state index in [4.69, 9.17) is 0 Å². The third-order valence-corrected chi connectivity index (χ3v) is 7.18. The average Bonchev–Trinajstić information content (AvgIpc) is 2.96. The number of rotatable bonds is 8. The molecule has 1 N–H and O–H groups in total. The number of benzene rings is 1. The third-order valence-electron chi connectivity index (χ3n) is 5.26. The Morgan fingerprint density at radius 1 is 0.968 bits per heavy atom. The standard InChI is InChI=1S/C20H26N4O6S/c1-2-3-13-23-18(26)19(27)24(20(23)28)14-17(25)21-15-7-9-16(10-8-15)31(29,30)22-11-5-4-6-12-22/h7-10H,2-6,11-14H2,1H3,(H,21,25). The fraction of sp³-hybridized carbons (Fsp3) is 0.500. The van der Waals surface area contributed by atoms with Crippen molar-refractivity contribution >= 4 is 39.5 Å². The molecule has 1 aromatic rings. The topological polar surface area (TPSA) is 124 Å². The van der Waals surface area contributed by atoms with E-state index in [-0.39, 0.29) is 11.4 Å². The zero-order valence-electron chi connectivity index (χ0n) is 17.4. The van der Waals surface area contributed by atoms with Crippen LogP contribution in [0.4, 0.5) is 10.5 Å². The number of urea groups is 1. The van der Waals surface area contributed by atoms with Crippen LogP contribution in [0.25, 0.3) is 0 Å². The number of nitrogens with zero attached hydrogens (tertiary/aromatic N) is 3. The molecule has 0 unspecified atom stereocenters. The number of hydrogen-bond donors (Lipinski definition) is 1. The lowest BCUT2D eigenvalue weighted by atomic mass is 10.2. The van der Waals surface area contributed by atoms with Crippen LogP contribution in [0, 0.1) is 0 Å². The van der Waals surface area contributed by atoms with Gasteiger partial charge in [-0.1, -0.05) is 19.8 Å². The minimum Gasteiger partial charge on any atom is -0.325 e. The lowest BCUT2D eigenvalue weighted by molar-refractivity contribution is -0.143. The molecular weight excluding hydrogens is 424 g/mol. The van der Waals surface area contributed by atoms with Crippen molar-refractivity contribution in [3.63, 3.8) is 0 Å². The summed E-state index contributed by atoms with van der Waals surface area (Å²) in [5.41, 5.74) is 0.316. The molecule has 0 radical (unpaired) electrons. The molecular formula is C20H26N4O6S. The summed E-state index contributed by atoms with van der Waals surface area (Å²) in [4.78, 5) is 50.2. The number of anilines is 1. The van der Waals surface area contributed by atoms with Crippen molar-refractivity contribution < 1.29 is 27.6 Å². The number of carbonyl (C=O) groups is 4. The van der Waals surface area contributed by atoms with E-state index in [9.17, 15) is 27.6 Å². The second kappa shape index (κ2) is 9.56. The van der Waals surface area contributed by atoms with Crippen molar-refractivity contribution in [1.29, 1.82) is 0 Å².